The fourth-order valence-corrected chi connectivity index (χ4v) is 4.71. The van der Waals surface area contributed by atoms with Crippen molar-refractivity contribution in [3.05, 3.63) is 54.1 Å². The van der Waals surface area contributed by atoms with Gasteiger partial charge < -0.3 is 4.90 Å². The molecule has 3 aromatic rings. The minimum atomic E-state index is -0.807. The lowest BCUT2D eigenvalue weighted by molar-refractivity contribution is 0.364. The Bertz CT molecular complexity index is 1180. The second-order valence-corrected chi connectivity index (χ2v) is 9.48. The number of hydrogen-bond acceptors (Lipinski definition) is 6. The molecule has 2 fully saturated rings. The Morgan fingerprint density at radius 1 is 1.14 bits per heavy atom. The Hall–Kier alpha value is -3.19. The summed E-state index contributed by atoms with van der Waals surface area (Å²) in [6.45, 7) is 1.02. The first-order chi connectivity index (χ1) is 17.1. The van der Waals surface area contributed by atoms with Gasteiger partial charge >= 0.3 is 0 Å². The normalized spacial score (nSPS) is 18.7. The number of imidazole rings is 1. The maximum Gasteiger partial charge on any atom is 0.182 e. The van der Waals surface area contributed by atoms with E-state index in [0.717, 1.165) is 17.7 Å². The summed E-state index contributed by atoms with van der Waals surface area (Å²) in [6.07, 6.45) is 11.0. The molecule has 2 aliphatic rings. The molecule has 184 valence electrons. The van der Waals surface area contributed by atoms with Gasteiger partial charge in [0.05, 0.1) is 18.8 Å². The molecule has 7 nitrogen and oxygen atoms in total. The van der Waals surface area contributed by atoms with Crippen LogP contribution in [-0.4, -0.2) is 52.0 Å². The second kappa shape index (κ2) is 12.0. The number of halogens is 2. The van der Waals surface area contributed by atoms with Crippen molar-refractivity contribution in [2.45, 2.75) is 55.6 Å². The summed E-state index contributed by atoms with van der Waals surface area (Å²) in [7, 11) is 0. The van der Waals surface area contributed by atoms with Crippen LogP contribution in [0.25, 0.3) is 5.65 Å². The summed E-state index contributed by atoms with van der Waals surface area (Å²) >= 11 is 1.61. The topological polar surface area (TPSA) is 81.6 Å². The maximum absolute atomic E-state index is 13.5. The van der Waals surface area contributed by atoms with E-state index in [-0.39, 0.29) is 11.9 Å². The monoisotopic (exact) mass is 497 g/mol. The molecule has 1 saturated heterocycles. The molecule has 0 bridgehead atoms. The molecular weight excluding hydrogens is 468 g/mol. The van der Waals surface area contributed by atoms with Crippen LogP contribution in [0.1, 0.15) is 44.2 Å². The van der Waals surface area contributed by atoms with Crippen LogP contribution in [0.15, 0.2) is 52.5 Å². The average molecular weight is 498 g/mol. The highest BCUT2D eigenvalue weighted by atomic mass is 32.2. The Labute approximate surface area is 208 Å². The number of fused-ring (bicyclic) bond motifs is 1. The molecule has 1 unspecified atom stereocenters. The number of amidine groups is 1. The number of nitrogens with one attached hydrogen (secondary N) is 1. The Kier molecular flexibility index (Phi) is 8.53. The third-order valence-corrected chi connectivity index (χ3v) is 6.90. The fraction of sp³-hybridized carbons (Fsp3) is 0.440. The summed E-state index contributed by atoms with van der Waals surface area (Å²) in [4.78, 5) is 12.2. The molecule has 0 spiro atoms. The molecule has 35 heavy (non-hydrogen) atoms. The number of nitriles is 1. The summed E-state index contributed by atoms with van der Waals surface area (Å²) in [5, 5.41) is 16.5. The lowest BCUT2D eigenvalue weighted by Gasteiger charge is -2.19. The van der Waals surface area contributed by atoms with Crippen LogP contribution >= 0.6 is 11.8 Å². The van der Waals surface area contributed by atoms with E-state index in [1.54, 1.807) is 34.6 Å². The number of nitrogens with zero attached hydrogens (tertiary/aromatic N) is 6. The molecule has 5 rings (SSSR count). The second-order valence-electron chi connectivity index (χ2n) is 8.60. The van der Waals surface area contributed by atoms with Gasteiger partial charge in [-0.1, -0.05) is 19.3 Å². The predicted octanol–water partition coefficient (Wildman–Crippen LogP) is 4.98. The average Bonchev–Trinajstić information content (AvgIpc) is 3.51. The molecule has 1 N–H and O–H groups in total. The minimum Gasteiger partial charge on any atom is -0.352 e. The van der Waals surface area contributed by atoms with Gasteiger partial charge in [0, 0.05) is 11.4 Å². The standard InChI is InChI=1S/C18H22FN7.C7H7FS/c19-13-8-9-25(11-13)17-7-6-16-21-10-15(26(16)24-17)18(22-12-20)23-14-4-2-1-3-5-14;1-9-7-4-2-6(8)3-5-7/h6-7,10,13-14H,1-5,8-9,11H2,(H,22,23);2-5H,1H3. The highest BCUT2D eigenvalue weighted by Crippen LogP contribution is 2.23. The van der Waals surface area contributed by atoms with Crippen molar-refractivity contribution in [1.82, 2.24) is 19.9 Å². The smallest absolute Gasteiger partial charge is 0.182 e. The summed E-state index contributed by atoms with van der Waals surface area (Å²) in [5.74, 6) is 1.04. The maximum atomic E-state index is 13.5. The number of thioether (sulfide) groups is 1. The van der Waals surface area contributed by atoms with Crippen molar-refractivity contribution in [2.75, 3.05) is 24.2 Å². The lowest BCUT2D eigenvalue weighted by atomic mass is 9.96. The SMILES string of the molecule is CSc1ccc(F)cc1.N#CNC(=NC1CCCCC1)c1cnc2ccc(N3CCC(F)C3)nn12. The molecule has 1 aliphatic carbocycles. The van der Waals surface area contributed by atoms with Crippen molar-refractivity contribution in [3.63, 3.8) is 0 Å². The number of aromatic nitrogens is 3. The fourth-order valence-electron chi connectivity index (χ4n) is 4.30. The van der Waals surface area contributed by atoms with Crippen LogP contribution in [0.4, 0.5) is 14.6 Å². The van der Waals surface area contributed by atoms with Crippen LogP contribution in [-0.2, 0) is 0 Å². The van der Waals surface area contributed by atoms with E-state index >= 15 is 0 Å². The van der Waals surface area contributed by atoms with Gasteiger partial charge in [-0.05, 0) is 61.9 Å². The number of alkyl halides is 1. The third-order valence-electron chi connectivity index (χ3n) is 6.16. The summed E-state index contributed by atoms with van der Waals surface area (Å²) in [5.41, 5.74) is 1.33. The number of aliphatic imine (C=N–C) groups is 1. The largest absolute Gasteiger partial charge is 0.352 e. The van der Waals surface area contributed by atoms with Crippen molar-refractivity contribution >= 4 is 29.1 Å². The first kappa shape index (κ1) is 24.9. The highest BCUT2D eigenvalue weighted by Gasteiger charge is 2.24. The first-order valence-corrected chi connectivity index (χ1v) is 13.1. The molecule has 1 aromatic carbocycles. The molecule has 2 aromatic heterocycles. The number of benzene rings is 1. The first-order valence-electron chi connectivity index (χ1n) is 11.8. The van der Waals surface area contributed by atoms with E-state index in [4.69, 9.17) is 10.3 Å². The zero-order valence-corrected chi connectivity index (χ0v) is 20.5. The minimum absolute atomic E-state index is 0.173. The third kappa shape index (κ3) is 6.48. The van der Waals surface area contributed by atoms with E-state index in [1.807, 2.05) is 29.5 Å². The Morgan fingerprint density at radius 3 is 2.57 bits per heavy atom. The molecule has 0 radical (unpaired) electrons. The molecule has 10 heteroatoms. The zero-order chi connectivity index (χ0) is 24.6. The van der Waals surface area contributed by atoms with Crippen LogP contribution in [0.2, 0.25) is 0 Å². The van der Waals surface area contributed by atoms with Crippen molar-refractivity contribution in [2.24, 2.45) is 4.99 Å². The van der Waals surface area contributed by atoms with E-state index in [2.05, 4.69) is 15.4 Å². The molecule has 3 heterocycles. The van der Waals surface area contributed by atoms with Gasteiger partial charge in [-0.2, -0.15) is 5.26 Å². The van der Waals surface area contributed by atoms with Gasteiger partial charge in [0.1, 0.15) is 23.5 Å². The van der Waals surface area contributed by atoms with Crippen molar-refractivity contribution < 1.29 is 8.78 Å². The van der Waals surface area contributed by atoms with Gasteiger partial charge in [0.15, 0.2) is 17.7 Å². The molecular formula is C25H29F2N7S. The van der Waals surface area contributed by atoms with E-state index in [9.17, 15) is 8.78 Å². The predicted molar refractivity (Wildman–Crippen MR) is 135 cm³/mol. The van der Waals surface area contributed by atoms with E-state index in [0.29, 0.717) is 42.5 Å². The van der Waals surface area contributed by atoms with E-state index < -0.39 is 6.17 Å². The van der Waals surface area contributed by atoms with Gasteiger partial charge in [-0.15, -0.1) is 16.9 Å². The lowest BCUT2D eigenvalue weighted by Crippen LogP contribution is -2.26. The molecule has 1 aliphatic heterocycles. The quantitative estimate of drug-likeness (QED) is 0.180. The van der Waals surface area contributed by atoms with Crippen LogP contribution in [0.3, 0.4) is 0 Å². The van der Waals surface area contributed by atoms with Crippen molar-refractivity contribution in [1.29, 1.82) is 5.26 Å². The number of rotatable bonds is 4. The molecule has 1 saturated carbocycles. The van der Waals surface area contributed by atoms with Gasteiger partial charge in [-0.25, -0.2) is 18.3 Å². The van der Waals surface area contributed by atoms with Gasteiger partial charge in [0.2, 0.25) is 0 Å². The zero-order valence-electron chi connectivity index (χ0n) is 19.7. The van der Waals surface area contributed by atoms with Crippen LogP contribution < -0.4 is 10.2 Å². The Morgan fingerprint density at radius 2 is 1.91 bits per heavy atom. The highest BCUT2D eigenvalue weighted by molar-refractivity contribution is 7.98. The Balaban J connectivity index is 0.000000271. The molecule has 0 amide bonds. The van der Waals surface area contributed by atoms with E-state index in [1.165, 1.54) is 31.4 Å². The summed E-state index contributed by atoms with van der Waals surface area (Å²) < 4.78 is 27.4. The number of hydrogen-bond donors (Lipinski definition) is 1. The van der Waals surface area contributed by atoms with Crippen molar-refractivity contribution in [3.8, 4) is 6.19 Å². The van der Waals surface area contributed by atoms with Crippen LogP contribution in [0, 0.1) is 17.3 Å². The summed E-state index contributed by atoms with van der Waals surface area (Å²) in [6, 6.07) is 10.4. The van der Waals surface area contributed by atoms with Gasteiger partial charge in [0.25, 0.3) is 0 Å². The number of anilines is 1. The molecule has 1 atom stereocenters. The van der Waals surface area contributed by atoms with Gasteiger partial charge in [-0.3, -0.25) is 10.3 Å². The van der Waals surface area contributed by atoms with Crippen LogP contribution in [0.5, 0.6) is 0 Å².